The van der Waals surface area contributed by atoms with E-state index in [0.717, 1.165) is 0 Å². The van der Waals surface area contributed by atoms with Crippen LogP contribution in [0, 0.1) is 0 Å². The molecule has 0 spiro atoms. The predicted octanol–water partition coefficient (Wildman–Crippen LogP) is 5.70. The van der Waals surface area contributed by atoms with Gasteiger partial charge in [-0.3, -0.25) is 4.79 Å². The maximum Gasteiger partial charge on any atom is 0.265 e. The van der Waals surface area contributed by atoms with E-state index in [1.807, 2.05) is 24.3 Å². The Morgan fingerprint density at radius 3 is 2.08 bits per heavy atom. The molecule has 0 fully saturated rings. The number of halogens is 2. The molecule has 2 aromatic rings. The second kappa shape index (κ2) is 7.45. The summed E-state index contributed by atoms with van der Waals surface area (Å²) in [6.45, 7) is 8.11. The van der Waals surface area contributed by atoms with Gasteiger partial charge < -0.3 is 10.1 Å². The fourth-order valence-corrected chi connectivity index (χ4v) is 2.63. The Morgan fingerprint density at radius 1 is 1.04 bits per heavy atom. The van der Waals surface area contributed by atoms with Crippen LogP contribution >= 0.6 is 23.2 Å². The van der Waals surface area contributed by atoms with Crippen molar-refractivity contribution in [3.05, 3.63) is 58.1 Å². The molecule has 2 aromatic carbocycles. The minimum Gasteiger partial charge on any atom is -0.481 e. The number of carbonyl (C=O) groups excluding carboxylic acids is 1. The third-order valence-electron chi connectivity index (χ3n) is 3.61. The molecule has 0 bridgehead atoms. The van der Waals surface area contributed by atoms with Gasteiger partial charge in [0, 0.05) is 0 Å². The Labute approximate surface area is 152 Å². The zero-order chi connectivity index (χ0) is 17.9. The van der Waals surface area contributed by atoms with Crippen LogP contribution in [0.4, 0.5) is 5.69 Å². The smallest absolute Gasteiger partial charge is 0.265 e. The Morgan fingerprint density at radius 2 is 1.58 bits per heavy atom. The summed E-state index contributed by atoms with van der Waals surface area (Å²) in [6.07, 6.45) is -0.683. The number of ether oxygens (including phenoxy) is 1. The molecule has 0 aliphatic heterocycles. The third kappa shape index (κ3) is 4.65. The van der Waals surface area contributed by atoms with Gasteiger partial charge in [0.1, 0.15) is 5.75 Å². The van der Waals surface area contributed by atoms with Crippen molar-refractivity contribution < 1.29 is 9.53 Å². The lowest BCUT2D eigenvalue weighted by Gasteiger charge is -2.20. The molecule has 0 saturated carbocycles. The third-order valence-corrected chi connectivity index (χ3v) is 4.24. The van der Waals surface area contributed by atoms with E-state index in [1.165, 1.54) is 5.56 Å². The molecule has 2 rings (SSSR count). The molecule has 1 amide bonds. The van der Waals surface area contributed by atoms with Gasteiger partial charge in [-0.15, -0.1) is 0 Å². The maximum absolute atomic E-state index is 12.3. The van der Waals surface area contributed by atoms with E-state index in [0.29, 0.717) is 21.5 Å². The Bertz CT molecular complexity index is 701. The number of anilines is 1. The van der Waals surface area contributed by atoms with Gasteiger partial charge in [-0.2, -0.15) is 0 Å². The minimum absolute atomic E-state index is 0.0718. The van der Waals surface area contributed by atoms with Crippen LogP contribution in [-0.4, -0.2) is 12.0 Å². The first-order valence-corrected chi connectivity index (χ1v) is 8.46. The topological polar surface area (TPSA) is 38.3 Å². The Balaban J connectivity index is 2.04. The minimum atomic E-state index is -0.683. The highest BCUT2D eigenvalue weighted by Crippen LogP contribution is 2.30. The van der Waals surface area contributed by atoms with Crippen molar-refractivity contribution in [1.29, 1.82) is 0 Å². The molecule has 1 N–H and O–H groups in total. The number of amides is 1. The first-order chi connectivity index (χ1) is 11.2. The number of hydrogen-bond donors (Lipinski definition) is 1. The number of nitrogens with one attached hydrogen (secondary N) is 1. The lowest BCUT2D eigenvalue weighted by atomic mass is 9.87. The summed E-state index contributed by atoms with van der Waals surface area (Å²) in [5.74, 6) is 0.320. The normalized spacial score (nSPS) is 12.6. The van der Waals surface area contributed by atoms with E-state index in [2.05, 4.69) is 26.1 Å². The van der Waals surface area contributed by atoms with Gasteiger partial charge >= 0.3 is 0 Å². The molecule has 1 atom stereocenters. The van der Waals surface area contributed by atoms with Gasteiger partial charge in [0.25, 0.3) is 5.91 Å². The van der Waals surface area contributed by atoms with Gasteiger partial charge in [-0.25, -0.2) is 0 Å². The van der Waals surface area contributed by atoms with Crippen molar-refractivity contribution in [2.45, 2.75) is 39.2 Å². The van der Waals surface area contributed by atoms with Gasteiger partial charge in [0.2, 0.25) is 0 Å². The zero-order valence-electron chi connectivity index (χ0n) is 14.2. The number of hydrogen-bond acceptors (Lipinski definition) is 2. The Hall–Kier alpha value is -1.71. The quantitative estimate of drug-likeness (QED) is 0.754. The predicted molar refractivity (Wildman–Crippen MR) is 100 cm³/mol. The number of rotatable bonds is 4. The average Bonchev–Trinajstić information content (AvgIpc) is 2.50. The van der Waals surface area contributed by atoms with Crippen molar-refractivity contribution in [2.24, 2.45) is 0 Å². The van der Waals surface area contributed by atoms with Crippen molar-refractivity contribution in [1.82, 2.24) is 0 Å². The van der Waals surface area contributed by atoms with E-state index in [-0.39, 0.29) is 11.3 Å². The summed E-state index contributed by atoms with van der Waals surface area (Å²) in [7, 11) is 0. The zero-order valence-corrected chi connectivity index (χ0v) is 15.7. The largest absolute Gasteiger partial charge is 0.481 e. The summed E-state index contributed by atoms with van der Waals surface area (Å²) in [6, 6.07) is 12.8. The molecule has 0 saturated heterocycles. The van der Waals surface area contributed by atoms with Gasteiger partial charge in [-0.1, -0.05) is 62.2 Å². The summed E-state index contributed by atoms with van der Waals surface area (Å²) in [4.78, 5) is 12.3. The number of benzene rings is 2. The standard InChI is InChI=1S/C19H21Cl2NO2/c1-12(18(23)22-17-15(20)6-5-7-16(17)21)24-14-10-8-13(9-11-14)19(2,3)4/h5-12H,1-4H3,(H,22,23)/t12-/m1/s1. The van der Waals surface area contributed by atoms with Crippen LogP contribution < -0.4 is 10.1 Å². The molecule has 0 unspecified atom stereocenters. The molecule has 0 aromatic heterocycles. The van der Waals surface area contributed by atoms with E-state index >= 15 is 0 Å². The highest BCUT2D eigenvalue weighted by molar-refractivity contribution is 6.39. The second-order valence-electron chi connectivity index (χ2n) is 6.62. The average molecular weight is 366 g/mol. The molecule has 0 aliphatic rings. The van der Waals surface area contributed by atoms with Crippen LogP contribution in [0.5, 0.6) is 5.75 Å². The van der Waals surface area contributed by atoms with Crippen LogP contribution in [0.25, 0.3) is 0 Å². The van der Waals surface area contributed by atoms with E-state index in [4.69, 9.17) is 27.9 Å². The van der Waals surface area contributed by atoms with Crippen LogP contribution in [0.1, 0.15) is 33.3 Å². The van der Waals surface area contributed by atoms with Crippen molar-refractivity contribution >= 4 is 34.8 Å². The molecule has 0 radical (unpaired) electrons. The van der Waals surface area contributed by atoms with Crippen molar-refractivity contribution in [3.63, 3.8) is 0 Å². The molecule has 0 aliphatic carbocycles. The van der Waals surface area contributed by atoms with E-state index in [1.54, 1.807) is 25.1 Å². The van der Waals surface area contributed by atoms with Crippen LogP contribution in [0.15, 0.2) is 42.5 Å². The summed E-state index contributed by atoms with van der Waals surface area (Å²) in [5, 5.41) is 3.48. The maximum atomic E-state index is 12.3. The van der Waals surface area contributed by atoms with Gasteiger partial charge in [0.05, 0.1) is 15.7 Å². The van der Waals surface area contributed by atoms with E-state index in [9.17, 15) is 4.79 Å². The fourth-order valence-electron chi connectivity index (χ4n) is 2.13. The molecule has 24 heavy (non-hydrogen) atoms. The number of para-hydroxylation sites is 1. The first-order valence-electron chi connectivity index (χ1n) is 7.70. The van der Waals surface area contributed by atoms with Crippen LogP contribution in [-0.2, 0) is 10.2 Å². The lowest BCUT2D eigenvalue weighted by molar-refractivity contribution is -0.122. The lowest BCUT2D eigenvalue weighted by Crippen LogP contribution is -2.30. The van der Waals surface area contributed by atoms with Crippen LogP contribution in [0.2, 0.25) is 10.0 Å². The highest BCUT2D eigenvalue weighted by Gasteiger charge is 2.18. The molecule has 5 heteroatoms. The molecule has 128 valence electrons. The summed E-state index contributed by atoms with van der Waals surface area (Å²) in [5.41, 5.74) is 1.67. The summed E-state index contributed by atoms with van der Waals surface area (Å²) < 4.78 is 5.70. The van der Waals surface area contributed by atoms with Crippen LogP contribution in [0.3, 0.4) is 0 Å². The number of carbonyl (C=O) groups is 1. The van der Waals surface area contributed by atoms with Crippen molar-refractivity contribution in [3.8, 4) is 5.75 Å². The van der Waals surface area contributed by atoms with Gasteiger partial charge in [0.15, 0.2) is 6.10 Å². The molecular formula is C19H21Cl2NO2. The Kier molecular flexibility index (Phi) is 5.79. The molecule has 0 heterocycles. The second-order valence-corrected chi connectivity index (χ2v) is 7.43. The SMILES string of the molecule is C[C@@H](Oc1ccc(C(C)(C)C)cc1)C(=O)Nc1c(Cl)cccc1Cl. The highest BCUT2D eigenvalue weighted by atomic mass is 35.5. The molecular weight excluding hydrogens is 345 g/mol. The fraction of sp³-hybridized carbons (Fsp3) is 0.316. The van der Waals surface area contributed by atoms with Gasteiger partial charge in [-0.05, 0) is 42.2 Å². The summed E-state index contributed by atoms with van der Waals surface area (Å²) >= 11 is 12.1. The first kappa shape index (κ1) is 18.6. The van der Waals surface area contributed by atoms with E-state index < -0.39 is 6.10 Å². The van der Waals surface area contributed by atoms with Crippen molar-refractivity contribution in [2.75, 3.05) is 5.32 Å². The monoisotopic (exact) mass is 365 g/mol. The molecule has 3 nitrogen and oxygen atoms in total.